The molecule has 0 aliphatic carbocycles. The summed E-state index contributed by atoms with van der Waals surface area (Å²) < 4.78 is 27.8. The highest BCUT2D eigenvalue weighted by atomic mass is 32.2. The van der Waals surface area contributed by atoms with Crippen LogP contribution in [0.25, 0.3) is 0 Å². The average molecular weight is 358 g/mol. The predicted molar refractivity (Wildman–Crippen MR) is 98.2 cm³/mol. The fourth-order valence-electron chi connectivity index (χ4n) is 2.91. The van der Waals surface area contributed by atoms with Gasteiger partial charge >= 0.3 is 0 Å². The van der Waals surface area contributed by atoms with E-state index in [9.17, 15) is 13.2 Å². The van der Waals surface area contributed by atoms with E-state index in [1.807, 2.05) is 45.0 Å². The number of carbonyl (C=O) groups is 1. The van der Waals surface area contributed by atoms with Gasteiger partial charge in [0.05, 0.1) is 4.90 Å². The summed E-state index contributed by atoms with van der Waals surface area (Å²) in [7, 11) is -3.73. The summed E-state index contributed by atoms with van der Waals surface area (Å²) in [6.45, 7) is 6.28. The van der Waals surface area contributed by atoms with Crippen LogP contribution in [0, 0.1) is 20.8 Å². The third-order valence-corrected chi connectivity index (χ3v) is 6.11. The van der Waals surface area contributed by atoms with Crippen LogP contribution in [0.4, 0.5) is 5.69 Å². The van der Waals surface area contributed by atoms with E-state index in [0.717, 1.165) is 22.4 Å². The maximum atomic E-state index is 12.6. The minimum absolute atomic E-state index is 0.192. The molecule has 0 unspecified atom stereocenters. The Morgan fingerprint density at radius 3 is 2.32 bits per heavy atom. The van der Waals surface area contributed by atoms with E-state index in [0.29, 0.717) is 13.0 Å². The Morgan fingerprint density at radius 2 is 1.68 bits per heavy atom. The number of anilines is 1. The van der Waals surface area contributed by atoms with Crippen LogP contribution >= 0.6 is 0 Å². The van der Waals surface area contributed by atoms with Gasteiger partial charge in [-0.2, -0.15) is 4.72 Å². The monoisotopic (exact) mass is 358 g/mol. The van der Waals surface area contributed by atoms with Crippen LogP contribution in [-0.4, -0.2) is 26.9 Å². The molecule has 0 radical (unpaired) electrons. The van der Waals surface area contributed by atoms with Crippen LogP contribution in [-0.2, 0) is 14.8 Å². The Morgan fingerprint density at radius 1 is 1.00 bits per heavy atom. The van der Waals surface area contributed by atoms with E-state index in [1.54, 1.807) is 23.1 Å². The number of sulfonamides is 1. The second-order valence-electron chi connectivity index (χ2n) is 6.53. The van der Waals surface area contributed by atoms with Crippen molar-refractivity contribution in [2.45, 2.75) is 38.1 Å². The Hall–Kier alpha value is -2.18. The molecule has 3 rings (SSSR count). The third kappa shape index (κ3) is 3.60. The zero-order valence-corrected chi connectivity index (χ0v) is 15.4. The smallest absolute Gasteiger partial charge is 0.245 e. The van der Waals surface area contributed by atoms with Crippen LogP contribution in [0.1, 0.15) is 23.1 Å². The van der Waals surface area contributed by atoms with Crippen molar-refractivity contribution >= 4 is 21.6 Å². The molecule has 2 aromatic carbocycles. The van der Waals surface area contributed by atoms with Gasteiger partial charge in [0.25, 0.3) is 0 Å². The molecule has 6 heteroatoms. The number of nitrogens with one attached hydrogen (secondary N) is 1. The van der Waals surface area contributed by atoms with Crippen molar-refractivity contribution in [3.8, 4) is 0 Å². The Bertz CT molecular complexity index is 905. The highest BCUT2D eigenvalue weighted by Crippen LogP contribution is 2.23. The molecule has 1 fully saturated rings. The van der Waals surface area contributed by atoms with Crippen LogP contribution < -0.4 is 9.62 Å². The second kappa shape index (κ2) is 6.61. The minimum Gasteiger partial charge on any atom is -0.311 e. The van der Waals surface area contributed by atoms with Crippen molar-refractivity contribution in [1.82, 2.24) is 4.72 Å². The first-order valence-electron chi connectivity index (χ1n) is 8.25. The largest absolute Gasteiger partial charge is 0.311 e. The summed E-state index contributed by atoms with van der Waals surface area (Å²) >= 11 is 0. The predicted octanol–water partition coefficient (Wildman–Crippen LogP) is 2.70. The summed E-state index contributed by atoms with van der Waals surface area (Å²) in [4.78, 5) is 14.4. The molecule has 132 valence electrons. The van der Waals surface area contributed by atoms with Crippen molar-refractivity contribution in [2.75, 3.05) is 11.4 Å². The molecular weight excluding hydrogens is 336 g/mol. The molecule has 1 atom stereocenters. The number of benzene rings is 2. The van der Waals surface area contributed by atoms with E-state index in [-0.39, 0.29) is 10.8 Å². The van der Waals surface area contributed by atoms with Gasteiger partial charge in [-0.15, -0.1) is 0 Å². The number of amides is 1. The van der Waals surface area contributed by atoms with E-state index >= 15 is 0 Å². The molecule has 1 N–H and O–H groups in total. The van der Waals surface area contributed by atoms with Crippen LogP contribution in [0.15, 0.2) is 47.4 Å². The molecule has 0 aromatic heterocycles. The van der Waals surface area contributed by atoms with Gasteiger partial charge in [-0.3, -0.25) is 4.79 Å². The van der Waals surface area contributed by atoms with E-state index in [1.165, 1.54) is 0 Å². The number of rotatable bonds is 4. The highest BCUT2D eigenvalue weighted by molar-refractivity contribution is 7.89. The summed E-state index contributed by atoms with van der Waals surface area (Å²) in [5.74, 6) is -0.212. The van der Waals surface area contributed by atoms with Crippen molar-refractivity contribution in [2.24, 2.45) is 0 Å². The molecule has 1 amide bonds. The van der Waals surface area contributed by atoms with Crippen molar-refractivity contribution in [3.05, 3.63) is 59.2 Å². The minimum atomic E-state index is -3.73. The van der Waals surface area contributed by atoms with Gasteiger partial charge in [0.1, 0.15) is 6.04 Å². The quantitative estimate of drug-likeness (QED) is 0.914. The van der Waals surface area contributed by atoms with Crippen molar-refractivity contribution < 1.29 is 13.2 Å². The summed E-state index contributed by atoms with van der Waals surface area (Å²) in [6, 6.07) is 11.9. The molecule has 1 heterocycles. The SMILES string of the molecule is Cc1ccc(N2CC[C@H](NS(=O)(=O)c3ccc(C)c(C)c3)C2=O)cc1. The summed E-state index contributed by atoms with van der Waals surface area (Å²) in [5, 5.41) is 0. The topological polar surface area (TPSA) is 66.5 Å². The standard InChI is InChI=1S/C19H22N2O3S/c1-13-4-7-16(8-5-13)21-11-10-18(19(21)22)20-25(23,24)17-9-6-14(2)15(3)12-17/h4-9,12,18,20H,10-11H2,1-3H3/t18-/m0/s1. The number of hydrogen-bond acceptors (Lipinski definition) is 3. The first kappa shape index (κ1) is 17.6. The molecule has 25 heavy (non-hydrogen) atoms. The lowest BCUT2D eigenvalue weighted by atomic mass is 10.1. The molecule has 2 aromatic rings. The molecule has 5 nitrogen and oxygen atoms in total. The number of hydrogen-bond donors (Lipinski definition) is 1. The molecule has 0 bridgehead atoms. The normalized spacial score (nSPS) is 18.0. The lowest BCUT2D eigenvalue weighted by Gasteiger charge is -2.17. The lowest BCUT2D eigenvalue weighted by Crippen LogP contribution is -2.41. The molecular formula is C19H22N2O3S. The van der Waals surface area contributed by atoms with Crippen molar-refractivity contribution in [3.63, 3.8) is 0 Å². The van der Waals surface area contributed by atoms with Crippen LogP contribution in [0.2, 0.25) is 0 Å². The van der Waals surface area contributed by atoms with Crippen LogP contribution in [0.5, 0.6) is 0 Å². The zero-order valence-electron chi connectivity index (χ0n) is 14.6. The van der Waals surface area contributed by atoms with Crippen LogP contribution in [0.3, 0.4) is 0 Å². The van der Waals surface area contributed by atoms with Gasteiger partial charge in [-0.1, -0.05) is 23.8 Å². The molecule has 1 aliphatic rings. The van der Waals surface area contributed by atoms with Crippen molar-refractivity contribution in [1.29, 1.82) is 0 Å². The van der Waals surface area contributed by atoms with E-state index in [4.69, 9.17) is 0 Å². The Labute approximate surface area is 148 Å². The molecule has 1 saturated heterocycles. The third-order valence-electron chi connectivity index (χ3n) is 4.64. The number of nitrogens with zero attached hydrogens (tertiary/aromatic N) is 1. The number of aryl methyl sites for hydroxylation is 3. The van der Waals surface area contributed by atoms with Gasteiger partial charge in [0.2, 0.25) is 15.9 Å². The first-order valence-corrected chi connectivity index (χ1v) is 9.74. The molecule has 1 aliphatic heterocycles. The van der Waals surface area contributed by atoms with Gasteiger partial charge in [0.15, 0.2) is 0 Å². The first-order chi connectivity index (χ1) is 11.8. The zero-order chi connectivity index (χ0) is 18.2. The second-order valence-corrected chi connectivity index (χ2v) is 8.25. The Balaban J connectivity index is 1.78. The maximum absolute atomic E-state index is 12.6. The summed E-state index contributed by atoms with van der Waals surface area (Å²) in [6.07, 6.45) is 0.455. The average Bonchev–Trinajstić information content (AvgIpc) is 2.91. The van der Waals surface area contributed by atoms with Gasteiger partial charge in [-0.05, 0) is 62.6 Å². The Kier molecular flexibility index (Phi) is 4.67. The molecule has 0 saturated carbocycles. The van der Waals surface area contributed by atoms with E-state index in [2.05, 4.69) is 4.72 Å². The van der Waals surface area contributed by atoms with E-state index < -0.39 is 16.1 Å². The lowest BCUT2D eigenvalue weighted by molar-refractivity contribution is -0.118. The highest BCUT2D eigenvalue weighted by Gasteiger charge is 2.35. The van der Waals surface area contributed by atoms with Gasteiger partial charge in [0, 0.05) is 12.2 Å². The summed E-state index contributed by atoms with van der Waals surface area (Å²) in [5.41, 5.74) is 3.84. The maximum Gasteiger partial charge on any atom is 0.245 e. The molecule has 0 spiro atoms. The fourth-order valence-corrected chi connectivity index (χ4v) is 4.22. The van der Waals surface area contributed by atoms with Gasteiger partial charge < -0.3 is 4.90 Å². The fraction of sp³-hybridized carbons (Fsp3) is 0.316. The number of carbonyl (C=O) groups excluding carboxylic acids is 1. The van der Waals surface area contributed by atoms with Gasteiger partial charge in [-0.25, -0.2) is 8.42 Å².